The van der Waals surface area contributed by atoms with Gasteiger partial charge in [0.05, 0.1) is 12.7 Å². The Labute approximate surface area is 105 Å². The largest absolute Gasteiger partial charge is 0.307 e. The van der Waals surface area contributed by atoms with E-state index in [0.29, 0.717) is 6.54 Å². The number of hydrogen-bond acceptors (Lipinski definition) is 3. The number of rotatable bonds is 3. The lowest BCUT2D eigenvalue weighted by Crippen LogP contribution is -2.24. The maximum Gasteiger partial charge on any atom is 0.268 e. The van der Waals surface area contributed by atoms with Gasteiger partial charge in [-0.25, -0.2) is 0 Å². The van der Waals surface area contributed by atoms with E-state index in [2.05, 4.69) is 5.10 Å². The first-order valence-corrected chi connectivity index (χ1v) is 5.77. The fourth-order valence-electron chi connectivity index (χ4n) is 1.80. The van der Waals surface area contributed by atoms with E-state index in [1.54, 1.807) is 22.9 Å². The van der Waals surface area contributed by atoms with Crippen LogP contribution in [0.5, 0.6) is 0 Å². The van der Waals surface area contributed by atoms with E-state index in [0.717, 1.165) is 17.8 Å². The number of hydrogen-bond donors (Lipinski definition) is 0. The van der Waals surface area contributed by atoms with Gasteiger partial charge in [0.15, 0.2) is 0 Å². The molecule has 0 saturated heterocycles. The lowest BCUT2D eigenvalue weighted by Gasteiger charge is -2.08. The van der Waals surface area contributed by atoms with Crippen molar-refractivity contribution in [1.29, 1.82) is 5.26 Å². The molecule has 0 saturated carbocycles. The summed E-state index contributed by atoms with van der Waals surface area (Å²) < 4.78 is 3.40. The zero-order valence-corrected chi connectivity index (χ0v) is 10.4. The Morgan fingerprint density at radius 2 is 2.22 bits per heavy atom. The molecule has 0 radical (unpaired) electrons. The van der Waals surface area contributed by atoms with Gasteiger partial charge in [0.2, 0.25) is 0 Å². The molecule has 92 valence electrons. The van der Waals surface area contributed by atoms with Crippen LogP contribution in [0.15, 0.2) is 29.3 Å². The first-order chi connectivity index (χ1) is 8.65. The van der Waals surface area contributed by atoms with Crippen molar-refractivity contribution >= 4 is 0 Å². The van der Waals surface area contributed by atoms with Crippen LogP contribution in [0.1, 0.15) is 23.7 Å². The molecule has 0 N–H and O–H groups in total. The maximum absolute atomic E-state index is 12.0. The van der Waals surface area contributed by atoms with Crippen molar-refractivity contribution in [2.75, 3.05) is 0 Å². The van der Waals surface area contributed by atoms with E-state index in [1.807, 2.05) is 30.8 Å². The number of aryl methyl sites for hydroxylation is 2. The van der Waals surface area contributed by atoms with Gasteiger partial charge in [0, 0.05) is 24.0 Å². The summed E-state index contributed by atoms with van der Waals surface area (Å²) in [4.78, 5) is 12.0. The van der Waals surface area contributed by atoms with E-state index in [9.17, 15) is 4.79 Å². The van der Waals surface area contributed by atoms with Crippen LogP contribution < -0.4 is 5.56 Å². The van der Waals surface area contributed by atoms with Crippen molar-refractivity contribution in [3.05, 3.63) is 51.7 Å². The predicted octanol–water partition coefficient (Wildman–Crippen LogP) is 1.29. The molecule has 0 bridgehead atoms. The zero-order valence-electron chi connectivity index (χ0n) is 10.4. The number of nitriles is 1. The molecule has 0 aliphatic rings. The monoisotopic (exact) mass is 242 g/mol. The molecule has 2 aromatic rings. The Hall–Kier alpha value is -2.35. The van der Waals surface area contributed by atoms with Crippen molar-refractivity contribution in [3.63, 3.8) is 0 Å². The second-order valence-corrected chi connectivity index (χ2v) is 4.10. The van der Waals surface area contributed by atoms with Crippen LogP contribution in [0.25, 0.3) is 0 Å². The Kier molecular flexibility index (Phi) is 3.28. The van der Waals surface area contributed by atoms with Crippen molar-refractivity contribution in [3.8, 4) is 6.07 Å². The van der Waals surface area contributed by atoms with Crippen LogP contribution in [-0.2, 0) is 13.1 Å². The van der Waals surface area contributed by atoms with E-state index in [-0.39, 0.29) is 11.1 Å². The van der Waals surface area contributed by atoms with E-state index < -0.39 is 0 Å². The zero-order chi connectivity index (χ0) is 13.1. The second-order valence-electron chi connectivity index (χ2n) is 4.10. The normalized spacial score (nSPS) is 10.3. The SMILES string of the molecule is CCn1cc(Cn2c(C)ccc(C#N)c2=O)cn1. The third-order valence-electron chi connectivity index (χ3n) is 2.86. The molecule has 0 aromatic carbocycles. The Morgan fingerprint density at radius 1 is 1.44 bits per heavy atom. The number of pyridine rings is 1. The number of nitrogens with zero attached hydrogens (tertiary/aromatic N) is 4. The summed E-state index contributed by atoms with van der Waals surface area (Å²) >= 11 is 0. The van der Waals surface area contributed by atoms with Crippen LogP contribution >= 0.6 is 0 Å². The van der Waals surface area contributed by atoms with E-state index in [1.165, 1.54) is 0 Å². The Morgan fingerprint density at radius 3 is 2.83 bits per heavy atom. The molecule has 2 heterocycles. The molecule has 0 fully saturated rings. The minimum Gasteiger partial charge on any atom is -0.307 e. The molecule has 5 nitrogen and oxygen atoms in total. The van der Waals surface area contributed by atoms with Crippen LogP contribution in [-0.4, -0.2) is 14.3 Å². The van der Waals surface area contributed by atoms with Gasteiger partial charge in [-0.1, -0.05) is 0 Å². The molecule has 2 rings (SSSR count). The van der Waals surface area contributed by atoms with Crippen LogP contribution in [0.4, 0.5) is 0 Å². The third kappa shape index (κ3) is 2.18. The van der Waals surface area contributed by atoms with Gasteiger partial charge >= 0.3 is 0 Å². The molecule has 0 spiro atoms. The molecular weight excluding hydrogens is 228 g/mol. The fourth-order valence-corrected chi connectivity index (χ4v) is 1.80. The van der Waals surface area contributed by atoms with Gasteiger partial charge in [-0.2, -0.15) is 10.4 Å². The summed E-state index contributed by atoms with van der Waals surface area (Å²) in [5.41, 5.74) is 1.71. The lowest BCUT2D eigenvalue weighted by molar-refractivity contribution is 0.657. The van der Waals surface area contributed by atoms with Crippen LogP contribution in [0, 0.1) is 18.3 Å². The van der Waals surface area contributed by atoms with E-state index in [4.69, 9.17) is 5.26 Å². The molecule has 0 aliphatic heterocycles. The molecular formula is C13H14N4O. The molecule has 0 aliphatic carbocycles. The van der Waals surface area contributed by atoms with Crippen molar-refractivity contribution in [2.45, 2.75) is 26.9 Å². The van der Waals surface area contributed by atoms with Gasteiger partial charge in [-0.3, -0.25) is 9.48 Å². The highest BCUT2D eigenvalue weighted by Crippen LogP contribution is 2.04. The highest BCUT2D eigenvalue weighted by Gasteiger charge is 2.07. The summed E-state index contributed by atoms with van der Waals surface area (Å²) in [6.07, 6.45) is 3.65. The van der Waals surface area contributed by atoms with Gasteiger partial charge in [-0.05, 0) is 26.0 Å². The van der Waals surface area contributed by atoms with Crippen LogP contribution in [0.3, 0.4) is 0 Å². The molecule has 0 atom stereocenters. The first kappa shape index (κ1) is 12.1. The summed E-state index contributed by atoms with van der Waals surface area (Å²) in [6, 6.07) is 5.25. The van der Waals surface area contributed by atoms with Gasteiger partial charge in [0.1, 0.15) is 11.6 Å². The summed E-state index contributed by atoms with van der Waals surface area (Å²) in [6.45, 7) is 5.10. The van der Waals surface area contributed by atoms with E-state index >= 15 is 0 Å². The molecule has 2 aromatic heterocycles. The molecule has 0 unspecified atom stereocenters. The highest BCUT2D eigenvalue weighted by molar-refractivity contribution is 5.28. The summed E-state index contributed by atoms with van der Waals surface area (Å²) in [7, 11) is 0. The second kappa shape index (κ2) is 4.88. The third-order valence-corrected chi connectivity index (χ3v) is 2.86. The molecule has 18 heavy (non-hydrogen) atoms. The Bertz CT molecular complexity index is 660. The van der Waals surface area contributed by atoms with Gasteiger partial charge in [0.25, 0.3) is 5.56 Å². The lowest BCUT2D eigenvalue weighted by atomic mass is 10.2. The standard InChI is InChI=1S/C13H14N4O/c1-3-16-8-11(7-15-16)9-17-10(2)4-5-12(6-14)13(17)18/h4-5,7-8H,3,9H2,1-2H3. The smallest absolute Gasteiger partial charge is 0.268 e. The summed E-state index contributed by atoms with van der Waals surface area (Å²) in [5, 5.41) is 13.0. The molecule has 0 amide bonds. The highest BCUT2D eigenvalue weighted by atomic mass is 16.1. The average molecular weight is 242 g/mol. The fraction of sp³-hybridized carbons (Fsp3) is 0.308. The van der Waals surface area contributed by atoms with Crippen LogP contribution in [0.2, 0.25) is 0 Å². The quantitative estimate of drug-likeness (QED) is 0.814. The first-order valence-electron chi connectivity index (χ1n) is 5.77. The Balaban J connectivity index is 2.40. The minimum absolute atomic E-state index is 0.170. The van der Waals surface area contributed by atoms with Crippen molar-refractivity contribution < 1.29 is 0 Å². The number of aromatic nitrogens is 3. The van der Waals surface area contributed by atoms with Crippen molar-refractivity contribution in [2.24, 2.45) is 0 Å². The molecule has 5 heteroatoms. The topological polar surface area (TPSA) is 63.6 Å². The van der Waals surface area contributed by atoms with Gasteiger partial charge < -0.3 is 4.57 Å². The minimum atomic E-state index is -0.248. The van der Waals surface area contributed by atoms with Crippen molar-refractivity contribution in [1.82, 2.24) is 14.3 Å². The predicted molar refractivity (Wildman–Crippen MR) is 67.2 cm³/mol. The maximum atomic E-state index is 12.0. The average Bonchev–Trinajstić information content (AvgIpc) is 2.82. The van der Waals surface area contributed by atoms with Gasteiger partial charge in [-0.15, -0.1) is 0 Å². The summed E-state index contributed by atoms with van der Waals surface area (Å²) in [5.74, 6) is 0.